The SMILES string of the molecule is COCCc1ncc2cc(C)ccn12. The molecule has 0 atom stereocenters. The number of methoxy groups -OCH3 is 1. The predicted octanol–water partition coefficient (Wildman–Crippen LogP) is 1.83. The highest BCUT2D eigenvalue weighted by atomic mass is 16.5. The molecule has 74 valence electrons. The van der Waals surface area contributed by atoms with Crippen molar-refractivity contribution in [2.45, 2.75) is 13.3 Å². The monoisotopic (exact) mass is 190 g/mol. The summed E-state index contributed by atoms with van der Waals surface area (Å²) in [6, 6.07) is 4.22. The Balaban J connectivity index is 2.37. The summed E-state index contributed by atoms with van der Waals surface area (Å²) < 4.78 is 7.14. The number of pyridine rings is 1. The van der Waals surface area contributed by atoms with Gasteiger partial charge in [-0.2, -0.15) is 0 Å². The van der Waals surface area contributed by atoms with Gasteiger partial charge >= 0.3 is 0 Å². The fraction of sp³-hybridized carbons (Fsp3) is 0.364. The molecular weight excluding hydrogens is 176 g/mol. The van der Waals surface area contributed by atoms with Crippen LogP contribution in [0.25, 0.3) is 5.52 Å². The third-order valence-electron chi connectivity index (χ3n) is 2.29. The molecule has 0 fully saturated rings. The van der Waals surface area contributed by atoms with E-state index in [9.17, 15) is 0 Å². The summed E-state index contributed by atoms with van der Waals surface area (Å²) in [7, 11) is 1.71. The Labute approximate surface area is 83.3 Å². The number of fused-ring (bicyclic) bond motifs is 1. The van der Waals surface area contributed by atoms with E-state index in [4.69, 9.17) is 4.74 Å². The summed E-state index contributed by atoms with van der Waals surface area (Å²) in [5.74, 6) is 1.06. The van der Waals surface area contributed by atoms with Gasteiger partial charge in [-0.25, -0.2) is 4.98 Å². The molecule has 0 aliphatic rings. The lowest BCUT2D eigenvalue weighted by Crippen LogP contribution is -2.00. The fourth-order valence-electron chi connectivity index (χ4n) is 1.54. The Morgan fingerprint density at radius 2 is 2.36 bits per heavy atom. The molecule has 3 heteroatoms. The maximum absolute atomic E-state index is 5.03. The first-order valence-electron chi connectivity index (χ1n) is 4.73. The molecule has 0 bridgehead atoms. The van der Waals surface area contributed by atoms with E-state index in [1.807, 2.05) is 6.20 Å². The zero-order valence-corrected chi connectivity index (χ0v) is 8.53. The number of ether oxygens (including phenoxy) is 1. The van der Waals surface area contributed by atoms with Crippen LogP contribution in [-0.2, 0) is 11.2 Å². The van der Waals surface area contributed by atoms with Crippen molar-refractivity contribution in [1.29, 1.82) is 0 Å². The molecule has 0 unspecified atom stereocenters. The zero-order valence-electron chi connectivity index (χ0n) is 8.53. The summed E-state index contributed by atoms with van der Waals surface area (Å²) in [6.45, 7) is 2.80. The van der Waals surface area contributed by atoms with Gasteiger partial charge in [0.15, 0.2) is 0 Å². The van der Waals surface area contributed by atoms with E-state index in [0.717, 1.165) is 17.8 Å². The van der Waals surface area contributed by atoms with Crippen molar-refractivity contribution in [3.63, 3.8) is 0 Å². The van der Waals surface area contributed by atoms with Gasteiger partial charge in [0.2, 0.25) is 0 Å². The smallest absolute Gasteiger partial charge is 0.115 e. The average molecular weight is 190 g/mol. The van der Waals surface area contributed by atoms with Crippen LogP contribution in [0.1, 0.15) is 11.4 Å². The van der Waals surface area contributed by atoms with Gasteiger partial charge in [0, 0.05) is 19.7 Å². The van der Waals surface area contributed by atoms with Gasteiger partial charge in [0.25, 0.3) is 0 Å². The van der Waals surface area contributed by atoms with Gasteiger partial charge in [-0.1, -0.05) is 0 Å². The first-order valence-corrected chi connectivity index (χ1v) is 4.73. The second kappa shape index (κ2) is 3.80. The second-order valence-corrected chi connectivity index (χ2v) is 3.42. The molecule has 0 radical (unpaired) electrons. The largest absolute Gasteiger partial charge is 0.384 e. The van der Waals surface area contributed by atoms with Gasteiger partial charge in [0.1, 0.15) is 5.82 Å². The molecule has 3 nitrogen and oxygen atoms in total. The normalized spacial score (nSPS) is 11.0. The van der Waals surface area contributed by atoms with E-state index >= 15 is 0 Å². The topological polar surface area (TPSA) is 26.5 Å². The van der Waals surface area contributed by atoms with Crippen molar-refractivity contribution in [3.8, 4) is 0 Å². The van der Waals surface area contributed by atoms with Gasteiger partial charge in [-0.3, -0.25) is 0 Å². The molecule has 0 aromatic carbocycles. The number of aryl methyl sites for hydroxylation is 1. The maximum atomic E-state index is 5.03. The first kappa shape index (κ1) is 9.21. The summed E-state index contributed by atoms with van der Waals surface area (Å²) >= 11 is 0. The number of aromatic nitrogens is 2. The van der Waals surface area contributed by atoms with Crippen LogP contribution in [0.2, 0.25) is 0 Å². The van der Waals surface area contributed by atoms with E-state index in [-0.39, 0.29) is 0 Å². The molecule has 0 saturated heterocycles. The minimum atomic E-state index is 0.715. The highest BCUT2D eigenvalue weighted by Gasteiger charge is 2.02. The number of rotatable bonds is 3. The lowest BCUT2D eigenvalue weighted by molar-refractivity contribution is 0.200. The average Bonchev–Trinajstić information content (AvgIpc) is 2.57. The van der Waals surface area contributed by atoms with E-state index in [1.54, 1.807) is 7.11 Å². The fourth-order valence-corrected chi connectivity index (χ4v) is 1.54. The number of hydrogen-bond donors (Lipinski definition) is 0. The quantitative estimate of drug-likeness (QED) is 0.738. The number of imidazole rings is 1. The standard InChI is InChI=1S/C11H14N2O/c1-9-3-5-13-10(7-9)8-12-11(13)4-6-14-2/h3,5,7-8H,4,6H2,1-2H3. The Hall–Kier alpha value is -1.35. The predicted molar refractivity (Wildman–Crippen MR) is 55.5 cm³/mol. The van der Waals surface area contributed by atoms with Crippen LogP contribution < -0.4 is 0 Å². The Kier molecular flexibility index (Phi) is 2.50. The minimum Gasteiger partial charge on any atom is -0.384 e. The van der Waals surface area contributed by atoms with Crippen molar-refractivity contribution in [1.82, 2.24) is 9.38 Å². The summed E-state index contributed by atoms with van der Waals surface area (Å²) in [6.07, 6.45) is 4.81. The van der Waals surface area contributed by atoms with Crippen molar-refractivity contribution in [3.05, 3.63) is 35.9 Å². The Morgan fingerprint density at radius 3 is 3.14 bits per heavy atom. The summed E-state index contributed by atoms with van der Waals surface area (Å²) in [4.78, 5) is 4.36. The van der Waals surface area contributed by atoms with Crippen molar-refractivity contribution in [2.75, 3.05) is 13.7 Å². The van der Waals surface area contributed by atoms with Crippen LogP contribution in [0.5, 0.6) is 0 Å². The van der Waals surface area contributed by atoms with Crippen molar-refractivity contribution < 1.29 is 4.74 Å². The number of nitrogens with zero attached hydrogens (tertiary/aromatic N) is 2. The lowest BCUT2D eigenvalue weighted by atomic mass is 10.3. The molecule has 0 aliphatic heterocycles. The summed E-state index contributed by atoms with van der Waals surface area (Å²) in [5, 5.41) is 0. The highest BCUT2D eigenvalue weighted by molar-refractivity contribution is 5.48. The summed E-state index contributed by atoms with van der Waals surface area (Å²) in [5.41, 5.74) is 2.41. The lowest BCUT2D eigenvalue weighted by Gasteiger charge is -2.00. The van der Waals surface area contributed by atoms with Gasteiger partial charge in [0.05, 0.1) is 18.3 Å². The zero-order chi connectivity index (χ0) is 9.97. The van der Waals surface area contributed by atoms with Gasteiger partial charge in [-0.05, 0) is 24.6 Å². The molecule has 0 amide bonds. The van der Waals surface area contributed by atoms with Crippen LogP contribution in [0, 0.1) is 6.92 Å². The molecule has 0 aliphatic carbocycles. The molecule has 0 saturated carbocycles. The molecular formula is C11H14N2O. The molecule has 2 aromatic heterocycles. The third-order valence-corrected chi connectivity index (χ3v) is 2.29. The minimum absolute atomic E-state index is 0.715. The third kappa shape index (κ3) is 1.63. The van der Waals surface area contributed by atoms with E-state index < -0.39 is 0 Å². The van der Waals surface area contributed by atoms with Gasteiger partial charge < -0.3 is 9.14 Å². The van der Waals surface area contributed by atoms with Crippen LogP contribution in [0.4, 0.5) is 0 Å². The molecule has 0 N–H and O–H groups in total. The maximum Gasteiger partial charge on any atom is 0.115 e. The van der Waals surface area contributed by atoms with E-state index in [1.165, 1.54) is 5.56 Å². The molecule has 2 heterocycles. The van der Waals surface area contributed by atoms with Crippen molar-refractivity contribution >= 4 is 5.52 Å². The van der Waals surface area contributed by atoms with E-state index in [2.05, 4.69) is 34.6 Å². The van der Waals surface area contributed by atoms with Gasteiger partial charge in [-0.15, -0.1) is 0 Å². The van der Waals surface area contributed by atoms with Crippen LogP contribution in [-0.4, -0.2) is 23.1 Å². The molecule has 14 heavy (non-hydrogen) atoms. The van der Waals surface area contributed by atoms with Crippen LogP contribution >= 0.6 is 0 Å². The van der Waals surface area contributed by atoms with Crippen molar-refractivity contribution in [2.24, 2.45) is 0 Å². The van der Waals surface area contributed by atoms with E-state index in [0.29, 0.717) is 6.61 Å². The Bertz CT molecular complexity index is 434. The molecule has 0 spiro atoms. The molecule has 2 aromatic rings. The molecule has 2 rings (SSSR count). The van der Waals surface area contributed by atoms with Crippen LogP contribution in [0.3, 0.4) is 0 Å². The Morgan fingerprint density at radius 1 is 1.50 bits per heavy atom. The second-order valence-electron chi connectivity index (χ2n) is 3.42. The van der Waals surface area contributed by atoms with Crippen LogP contribution in [0.15, 0.2) is 24.5 Å². The first-order chi connectivity index (χ1) is 6.81. The highest BCUT2D eigenvalue weighted by Crippen LogP contribution is 2.09. The number of hydrogen-bond acceptors (Lipinski definition) is 2.